The molecule has 0 aliphatic rings. The molecule has 1 amide bonds. The number of nitrogens with one attached hydrogen (secondary N) is 1. The average Bonchev–Trinajstić information content (AvgIpc) is 2.29. The van der Waals surface area contributed by atoms with Gasteiger partial charge < -0.3 is 10.4 Å². The van der Waals surface area contributed by atoms with Crippen molar-refractivity contribution in [2.45, 2.75) is 19.4 Å². The lowest BCUT2D eigenvalue weighted by molar-refractivity contribution is -0.137. The summed E-state index contributed by atoms with van der Waals surface area (Å²) in [5.74, 6) is -1.48. The van der Waals surface area contributed by atoms with Gasteiger partial charge >= 0.3 is 5.97 Å². The summed E-state index contributed by atoms with van der Waals surface area (Å²) in [6, 6.07) is 9.26. The van der Waals surface area contributed by atoms with Crippen molar-refractivity contribution in [1.29, 1.82) is 0 Å². The second kappa shape index (κ2) is 5.84. The van der Waals surface area contributed by atoms with Gasteiger partial charge in [0.2, 0.25) is 5.91 Å². The van der Waals surface area contributed by atoms with Gasteiger partial charge in [0.25, 0.3) is 0 Å². The summed E-state index contributed by atoms with van der Waals surface area (Å²) in [7, 11) is 0. The molecule has 0 saturated heterocycles. The molecule has 0 bridgehead atoms. The molecular formula is C13H15NO3. The number of hydrogen-bond acceptors (Lipinski definition) is 2. The first-order valence-electron chi connectivity index (χ1n) is 5.26. The van der Waals surface area contributed by atoms with Gasteiger partial charge in [-0.2, -0.15) is 0 Å². The number of aliphatic carboxylic acids is 1. The zero-order valence-corrected chi connectivity index (χ0v) is 9.64. The third-order valence-electron chi connectivity index (χ3n) is 2.33. The Morgan fingerprint density at radius 3 is 2.47 bits per heavy atom. The molecule has 0 fully saturated rings. The molecule has 0 aromatic heterocycles. The molecule has 0 saturated carbocycles. The van der Waals surface area contributed by atoms with Gasteiger partial charge in [0.15, 0.2) is 0 Å². The van der Waals surface area contributed by atoms with Crippen molar-refractivity contribution in [1.82, 2.24) is 5.32 Å². The summed E-state index contributed by atoms with van der Waals surface area (Å²) < 4.78 is 0. The topological polar surface area (TPSA) is 66.4 Å². The molecule has 0 radical (unpaired) electrons. The highest BCUT2D eigenvalue weighted by Gasteiger charge is 2.14. The van der Waals surface area contributed by atoms with E-state index in [-0.39, 0.29) is 18.0 Å². The van der Waals surface area contributed by atoms with Crippen molar-refractivity contribution in [2.75, 3.05) is 0 Å². The lowest BCUT2D eigenvalue weighted by Gasteiger charge is -2.14. The quantitative estimate of drug-likeness (QED) is 0.763. The van der Waals surface area contributed by atoms with E-state index >= 15 is 0 Å². The molecule has 1 rings (SSSR count). The number of carboxylic acid groups (broad SMARTS) is 1. The Morgan fingerprint density at radius 2 is 1.94 bits per heavy atom. The second-order valence-corrected chi connectivity index (χ2v) is 3.78. The van der Waals surface area contributed by atoms with E-state index in [0.717, 1.165) is 5.56 Å². The summed E-state index contributed by atoms with van der Waals surface area (Å²) in [6.45, 7) is 5.28. The molecular weight excluding hydrogens is 218 g/mol. The number of benzene rings is 1. The van der Waals surface area contributed by atoms with Crippen LogP contribution < -0.4 is 5.32 Å². The number of carbonyl (C=O) groups excluding carboxylic acids is 1. The number of carbonyl (C=O) groups is 2. The highest BCUT2D eigenvalue weighted by Crippen LogP contribution is 2.12. The first kappa shape index (κ1) is 13.0. The molecule has 1 atom stereocenters. The largest absolute Gasteiger partial charge is 0.481 e. The van der Waals surface area contributed by atoms with E-state index in [0.29, 0.717) is 0 Å². The Hall–Kier alpha value is -2.10. The van der Waals surface area contributed by atoms with Crippen LogP contribution in [0, 0.1) is 0 Å². The third-order valence-corrected chi connectivity index (χ3v) is 2.33. The Bertz CT molecular complexity index is 426. The molecule has 1 unspecified atom stereocenters. The van der Waals surface area contributed by atoms with E-state index in [2.05, 4.69) is 11.9 Å². The van der Waals surface area contributed by atoms with E-state index in [4.69, 9.17) is 5.11 Å². The minimum Gasteiger partial charge on any atom is -0.481 e. The average molecular weight is 233 g/mol. The highest BCUT2D eigenvalue weighted by molar-refractivity contribution is 5.96. The number of hydrogen-bond donors (Lipinski definition) is 2. The lowest BCUT2D eigenvalue weighted by Crippen LogP contribution is -2.28. The molecule has 0 heterocycles. The summed E-state index contributed by atoms with van der Waals surface area (Å²) in [5, 5.41) is 11.2. The lowest BCUT2D eigenvalue weighted by atomic mass is 10.1. The molecule has 1 aromatic carbocycles. The molecule has 1 aromatic rings. The maximum Gasteiger partial charge on any atom is 0.308 e. The molecule has 4 nitrogen and oxygen atoms in total. The van der Waals surface area contributed by atoms with E-state index in [1.54, 1.807) is 0 Å². The van der Waals surface area contributed by atoms with Gasteiger partial charge in [-0.25, -0.2) is 0 Å². The minimum absolute atomic E-state index is 0.0558. The zero-order chi connectivity index (χ0) is 12.8. The van der Waals surface area contributed by atoms with Gasteiger partial charge in [0.1, 0.15) is 0 Å². The van der Waals surface area contributed by atoms with E-state index in [9.17, 15) is 9.59 Å². The molecule has 17 heavy (non-hydrogen) atoms. The predicted octanol–water partition coefficient (Wildman–Crippen LogP) is 1.89. The minimum atomic E-state index is -1.06. The summed E-state index contributed by atoms with van der Waals surface area (Å²) in [4.78, 5) is 22.0. The van der Waals surface area contributed by atoms with Crippen LogP contribution in [-0.4, -0.2) is 17.0 Å². The first-order chi connectivity index (χ1) is 8.00. The normalized spacial score (nSPS) is 11.6. The van der Waals surface area contributed by atoms with Crippen LogP contribution in [0.2, 0.25) is 0 Å². The van der Waals surface area contributed by atoms with Gasteiger partial charge in [-0.15, -0.1) is 0 Å². The van der Waals surface area contributed by atoms with E-state index in [1.807, 2.05) is 37.3 Å². The molecule has 4 heteroatoms. The number of rotatable bonds is 5. The molecule has 0 spiro atoms. The van der Waals surface area contributed by atoms with Crippen LogP contribution in [-0.2, 0) is 9.59 Å². The zero-order valence-electron chi connectivity index (χ0n) is 9.64. The van der Waals surface area contributed by atoms with Crippen LogP contribution >= 0.6 is 0 Å². The van der Waals surface area contributed by atoms with E-state index < -0.39 is 11.9 Å². The van der Waals surface area contributed by atoms with Crippen molar-refractivity contribution in [2.24, 2.45) is 0 Å². The summed E-state index contributed by atoms with van der Waals surface area (Å²) >= 11 is 0. The number of amides is 1. The summed E-state index contributed by atoms with van der Waals surface area (Å²) in [6.07, 6.45) is -0.340. The molecule has 0 aliphatic heterocycles. The van der Waals surface area contributed by atoms with Crippen LogP contribution in [0.15, 0.2) is 42.5 Å². The van der Waals surface area contributed by atoms with Crippen molar-refractivity contribution in [3.63, 3.8) is 0 Å². The Balaban J connectivity index is 2.57. The van der Waals surface area contributed by atoms with Gasteiger partial charge in [0.05, 0.1) is 12.5 Å². The first-order valence-corrected chi connectivity index (χ1v) is 5.26. The van der Waals surface area contributed by atoms with Crippen LogP contribution in [0.1, 0.15) is 24.9 Å². The fraction of sp³-hybridized carbons (Fsp3) is 0.231. The van der Waals surface area contributed by atoms with Crippen LogP contribution in [0.25, 0.3) is 0 Å². The SMILES string of the molecule is C=C(CC(=O)O)C(=O)NC(C)c1ccccc1. The maximum absolute atomic E-state index is 11.6. The predicted molar refractivity (Wildman–Crippen MR) is 64.4 cm³/mol. The van der Waals surface area contributed by atoms with Gasteiger partial charge in [-0.1, -0.05) is 36.9 Å². The monoisotopic (exact) mass is 233 g/mol. The van der Waals surface area contributed by atoms with Crippen LogP contribution in [0.5, 0.6) is 0 Å². The van der Waals surface area contributed by atoms with Crippen molar-refractivity contribution < 1.29 is 14.7 Å². The van der Waals surface area contributed by atoms with Crippen LogP contribution in [0.3, 0.4) is 0 Å². The Kier molecular flexibility index (Phi) is 4.46. The highest BCUT2D eigenvalue weighted by atomic mass is 16.4. The van der Waals surface area contributed by atoms with Crippen LogP contribution in [0.4, 0.5) is 0 Å². The standard InChI is InChI=1S/C13H15NO3/c1-9(8-12(15)16)13(17)14-10(2)11-6-4-3-5-7-11/h3-7,10H,1,8H2,2H3,(H,14,17)(H,15,16). The Labute approximate surface area is 100.0 Å². The van der Waals surface area contributed by atoms with Gasteiger partial charge in [-0.3, -0.25) is 9.59 Å². The second-order valence-electron chi connectivity index (χ2n) is 3.78. The van der Waals surface area contributed by atoms with Crippen molar-refractivity contribution >= 4 is 11.9 Å². The Morgan fingerprint density at radius 1 is 1.35 bits per heavy atom. The molecule has 90 valence electrons. The molecule has 2 N–H and O–H groups in total. The van der Waals surface area contributed by atoms with Crippen molar-refractivity contribution in [3.05, 3.63) is 48.0 Å². The van der Waals surface area contributed by atoms with E-state index in [1.165, 1.54) is 0 Å². The summed E-state index contributed by atoms with van der Waals surface area (Å²) in [5.41, 5.74) is 1.02. The smallest absolute Gasteiger partial charge is 0.308 e. The fourth-order valence-corrected chi connectivity index (χ4v) is 1.39. The van der Waals surface area contributed by atoms with Gasteiger partial charge in [-0.05, 0) is 12.5 Å². The molecule has 0 aliphatic carbocycles. The van der Waals surface area contributed by atoms with Gasteiger partial charge in [0, 0.05) is 5.57 Å². The fourth-order valence-electron chi connectivity index (χ4n) is 1.39. The third kappa shape index (κ3) is 4.10. The van der Waals surface area contributed by atoms with Crippen molar-refractivity contribution in [3.8, 4) is 0 Å². The maximum atomic E-state index is 11.6. The number of carboxylic acids is 1.